The number of likely N-dealkylation sites (N-methyl/N-ethyl adjacent to an activating group) is 1. The van der Waals surface area contributed by atoms with Crippen molar-refractivity contribution >= 4 is 23.6 Å². The van der Waals surface area contributed by atoms with Crippen LogP contribution in [-0.4, -0.2) is 64.6 Å². The molecule has 0 saturated carbocycles. The summed E-state index contributed by atoms with van der Waals surface area (Å²) in [4.78, 5) is 16.3. The molecule has 9 heteroatoms. The number of hydrogen-bond donors (Lipinski definition) is 1. The van der Waals surface area contributed by atoms with Gasteiger partial charge in [-0.1, -0.05) is 35.3 Å². The molecule has 1 saturated heterocycles. The number of hydrogen-bond acceptors (Lipinski definition) is 8. The second kappa shape index (κ2) is 10.5. The molecule has 2 heterocycles. The van der Waals surface area contributed by atoms with Crippen LogP contribution in [0.15, 0.2) is 35.7 Å². The molecule has 1 fully saturated rings. The van der Waals surface area contributed by atoms with E-state index in [1.807, 2.05) is 13.3 Å². The summed E-state index contributed by atoms with van der Waals surface area (Å²) in [6.07, 6.45) is 6.87. The average Bonchev–Trinajstić information content (AvgIpc) is 2.77. The van der Waals surface area contributed by atoms with Gasteiger partial charge < -0.3 is 14.8 Å². The lowest BCUT2D eigenvalue weighted by Crippen LogP contribution is -2.35. The van der Waals surface area contributed by atoms with Crippen molar-refractivity contribution < 1.29 is 14.3 Å². The first kappa shape index (κ1) is 21.5. The third kappa shape index (κ3) is 5.65. The highest BCUT2D eigenvalue weighted by Gasteiger charge is 2.18. The highest BCUT2D eigenvalue weighted by atomic mass is 32.2. The minimum Gasteiger partial charge on any atom is -0.394 e. The van der Waals surface area contributed by atoms with Crippen LogP contribution in [0, 0.1) is 5.82 Å². The predicted molar refractivity (Wildman–Crippen MR) is 114 cm³/mol. The number of piperidine rings is 1. The van der Waals surface area contributed by atoms with Crippen LogP contribution in [0.4, 0.5) is 10.3 Å². The molecule has 0 radical (unpaired) electrons. The largest absolute Gasteiger partial charge is 0.394 e. The maximum atomic E-state index is 14.4. The number of aliphatic hydroxyl groups excluding tert-OH is 1. The first-order chi connectivity index (χ1) is 14.1. The minimum absolute atomic E-state index is 0.261. The van der Waals surface area contributed by atoms with E-state index in [-0.39, 0.29) is 12.2 Å². The summed E-state index contributed by atoms with van der Waals surface area (Å²) in [7, 11) is 2.02. The van der Waals surface area contributed by atoms with E-state index in [2.05, 4.69) is 24.3 Å². The van der Waals surface area contributed by atoms with Gasteiger partial charge in [-0.05, 0) is 13.3 Å². The van der Waals surface area contributed by atoms with Crippen LogP contribution in [0.3, 0.4) is 0 Å². The first-order valence-corrected chi connectivity index (χ1v) is 10.7. The van der Waals surface area contributed by atoms with Crippen LogP contribution < -0.4 is 4.90 Å². The summed E-state index contributed by atoms with van der Waals surface area (Å²) >= 11 is 1.66. The number of nitrogens with zero attached hydrogens (tertiary/aromatic N) is 5. The lowest BCUT2D eigenvalue weighted by atomic mass is 10.1. The van der Waals surface area contributed by atoms with Crippen LogP contribution in [0.25, 0.3) is 11.1 Å². The Morgan fingerprint density at radius 2 is 2.00 bits per heavy atom. The molecule has 1 aromatic heterocycles. The molecule has 0 unspecified atom stereocenters. The van der Waals surface area contributed by atoms with Crippen molar-refractivity contribution in [3.8, 4) is 11.1 Å². The zero-order valence-electron chi connectivity index (χ0n) is 16.7. The van der Waals surface area contributed by atoms with Gasteiger partial charge in [-0.2, -0.15) is 0 Å². The van der Waals surface area contributed by atoms with Crippen molar-refractivity contribution in [2.75, 3.05) is 44.4 Å². The molecule has 1 aliphatic heterocycles. The van der Waals surface area contributed by atoms with E-state index >= 15 is 0 Å². The van der Waals surface area contributed by atoms with Gasteiger partial charge in [-0.25, -0.2) is 14.4 Å². The summed E-state index contributed by atoms with van der Waals surface area (Å²) in [6.45, 7) is 2.59. The molecule has 2 aromatic rings. The predicted octanol–water partition coefficient (Wildman–Crippen LogP) is 2.96. The summed E-state index contributed by atoms with van der Waals surface area (Å²) in [5.41, 5.74) is 2.29. The Balaban J connectivity index is 1.55. The normalized spacial score (nSPS) is 14.4. The average molecular weight is 420 g/mol. The van der Waals surface area contributed by atoms with Gasteiger partial charge in [0.2, 0.25) is 5.95 Å². The Hall–Kier alpha value is -2.23. The van der Waals surface area contributed by atoms with Crippen molar-refractivity contribution in [2.45, 2.75) is 19.4 Å². The Bertz CT molecular complexity index is 824. The molecular weight excluding hydrogens is 393 g/mol. The number of aromatic nitrogens is 2. The van der Waals surface area contributed by atoms with E-state index < -0.39 is 5.82 Å². The maximum absolute atomic E-state index is 14.4. The quantitative estimate of drug-likeness (QED) is 0.401. The molecule has 3 rings (SSSR count). The lowest BCUT2D eigenvalue weighted by Gasteiger charge is -2.27. The van der Waals surface area contributed by atoms with Crippen LogP contribution >= 0.6 is 11.9 Å². The SMILES string of the molecule is CSN(C)CCON=C1CCN(c2ncc(-c3cccc(CO)c3F)cn2)CC1. The molecule has 0 atom stereocenters. The summed E-state index contributed by atoms with van der Waals surface area (Å²) < 4.78 is 16.5. The summed E-state index contributed by atoms with van der Waals surface area (Å²) in [5.74, 6) is 0.183. The molecule has 1 aromatic carbocycles. The van der Waals surface area contributed by atoms with Crippen LogP contribution in [-0.2, 0) is 11.4 Å². The number of benzene rings is 1. The van der Waals surface area contributed by atoms with E-state index in [0.717, 1.165) is 38.2 Å². The van der Waals surface area contributed by atoms with Gasteiger partial charge >= 0.3 is 0 Å². The minimum atomic E-state index is -0.436. The van der Waals surface area contributed by atoms with E-state index in [0.29, 0.717) is 23.7 Å². The smallest absolute Gasteiger partial charge is 0.225 e. The van der Waals surface area contributed by atoms with Crippen molar-refractivity contribution in [3.63, 3.8) is 0 Å². The monoisotopic (exact) mass is 419 g/mol. The molecule has 0 spiro atoms. The van der Waals surface area contributed by atoms with Crippen LogP contribution in [0.1, 0.15) is 18.4 Å². The van der Waals surface area contributed by atoms with E-state index in [1.165, 1.54) is 0 Å². The number of aliphatic hydroxyl groups is 1. The standard InChI is InChI=1S/C20H26FN5O2S/c1-25(29-2)10-11-28-24-17-6-8-26(9-7-17)20-22-12-16(13-23-20)18-5-3-4-15(14-27)19(18)21/h3-5,12-13,27H,6-11,14H2,1-2H3. The Morgan fingerprint density at radius 1 is 1.28 bits per heavy atom. The van der Waals surface area contributed by atoms with Crippen molar-refractivity contribution in [2.24, 2.45) is 5.16 Å². The van der Waals surface area contributed by atoms with Crippen molar-refractivity contribution in [1.82, 2.24) is 14.3 Å². The van der Waals surface area contributed by atoms with Gasteiger partial charge in [0, 0.05) is 61.6 Å². The van der Waals surface area contributed by atoms with Crippen LogP contribution in [0.5, 0.6) is 0 Å². The molecule has 156 valence electrons. The third-order valence-corrected chi connectivity index (χ3v) is 5.63. The number of rotatable bonds is 8. The lowest BCUT2D eigenvalue weighted by molar-refractivity contribution is 0.136. The van der Waals surface area contributed by atoms with Gasteiger partial charge in [0.25, 0.3) is 0 Å². The van der Waals surface area contributed by atoms with E-state index in [4.69, 9.17) is 4.84 Å². The first-order valence-electron chi connectivity index (χ1n) is 9.51. The third-order valence-electron chi connectivity index (χ3n) is 4.82. The molecular formula is C20H26FN5O2S. The Morgan fingerprint density at radius 3 is 2.66 bits per heavy atom. The fourth-order valence-corrected chi connectivity index (χ4v) is 3.26. The maximum Gasteiger partial charge on any atom is 0.225 e. The highest BCUT2D eigenvalue weighted by Crippen LogP contribution is 2.25. The topological polar surface area (TPSA) is 74.1 Å². The molecule has 1 aliphatic rings. The Labute approximate surface area is 174 Å². The highest BCUT2D eigenvalue weighted by molar-refractivity contribution is 7.96. The fourth-order valence-electron chi connectivity index (χ4n) is 3.00. The van der Waals surface area contributed by atoms with Gasteiger partial charge in [-0.15, -0.1) is 0 Å². The van der Waals surface area contributed by atoms with Gasteiger partial charge in [-0.3, -0.25) is 4.31 Å². The molecule has 29 heavy (non-hydrogen) atoms. The Kier molecular flexibility index (Phi) is 7.79. The molecule has 0 aliphatic carbocycles. The van der Waals surface area contributed by atoms with Crippen molar-refractivity contribution in [1.29, 1.82) is 0 Å². The second-order valence-corrected chi connectivity index (χ2v) is 7.71. The molecule has 1 N–H and O–H groups in total. The zero-order valence-corrected chi connectivity index (χ0v) is 17.5. The number of halogens is 1. The summed E-state index contributed by atoms with van der Waals surface area (Å²) in [6, 6.07) is 4.93. The van der Waals surface area contributed by atoms with E-state index in [9.17, 15) is 9.50 Å². The van der Waals surface area contributed by atoms with Gasteiger partial charge in [0.1, 0.15) is 12.4 Å². The molecule has 0 bridgehead atoms. The number of oxime groups is 1. The van der Waals surface area contributed by atoms with Crippen LogP contribution in [0.2, 0.25) is 0 Å². The van der Waals surface area contributed by atoms with Gasteiger partial charge in [0.15, 0.2) is 0 Å². The van der Waals surface area contributed by atoms with Crippen molar-refractivity contribution in [3.05, 3.63) is 42.0 Å². The van der Waals surface area contributed by atoms with E-state index in [1.54, 1.807) is 42.5 Å². The second-order valence-electron chi connectivity index (χ2n) is 6.72. The van der Waals surface area contributed by atoms with Gasteiger partial charge in [0.05, 0.1) is 12.3 Å². The molecule has 0 amide bonds. The fraction of sp³-hybridized carbons (Fsp3) is 0.450. The molecule has 7 nitrogen and oxygen atoms in total. The zero-order chi connectivity index (χ0) is 20.6. The number of anilines is 1. The summed E-state index contributed by atoms with van der Waals surface area (Å²) in [5, 5.41) is 13.5.